The summed E-state index contributed by atoms with van der Waals surface area (Å²) in [5.74, 6) is 0.653. The molecule has 0 amide bonds. The van der Waals surface area contributed by atoms with Gasteiger partial charge < -0.3 is 4.74 Å². The molecule has 0 heterocycles. The number of aryl methyl sites for hydroxylation is 1. The lowest BCUT2D eigenvalue weighted by Crippen LogP contribution is -2.57. The molecule has 19 heavy (non-hydrogen) atoms. The molecule has 3 heteroatoms. The highest BCUT2D eigenvalue weighted by atomic mass is 79.9. The van der Waals surface area contributed by atoms with Gasteiger partial charge in [-0.05, 0) is 49.9 Å². The van der Waals surface area contributed by atoms with Crippen molar-refractivity contribution in [2.45, 2.75) is 56.4 Å². The van der Waals surface area contributed by atoms with Crippen LogP contribution in [0.5, 0.6) is 5.75 Å². The highest BCUT2D eigenvalue weighted by molar-refractivity contribution is 9.09. The Morgan fingerprint density at radius 3 is 2.63 bits per heavy atom. The fraction of sp³-hybridized carbons (Fsp3) is 0.625. The van der Waals surface area contributed by atoms with E-state index in [2.05, 4.69) is 15.9 Å². The number of hydrogen-bond donors (Lipinski definition) is 0. The monoisotopic (exact) mass is 326 g/mol. The standard InChI is InChI=1S/C16H20BrFO/c1-11-9-12(5-6-13(11)18)19-15-10-14(17)16(15)7-3-2-4-8-16/h5-6,9,14-15H,2-4,7-8,10H2,1H3. The Kier molecular flexibility index (Phi) is 3.59. The van der Waals surface area contributed by atoms with Crippen LogP contribution in [0, 0.1) is 18.2 Å². The third kappa shape index (κ3) is 2.31. The number of halogens is 2. The topological polar surface area (TPSA) is 9.23 Å². The van der Waals surface area contributed by atoms with Gasteiger partial charge in [0, 0.05) is 10.2 Å². The average molecular weight is 327 g/mol. The quantitative estimate of drug-likeness (QED) is 0.695. The second kappa shape index (κ2) is 5.08. The molecule has 0 aliphatic heterocycles. The van der Waals surface area contributed by atoms with E-state index in [0.717, 1.165) is 12.2 Å². The summed E-state index contributed by atoms with van der Waals surface area (Å²) in [5.41, 5.74) is 0.977. The van der Waals surface area contributed by atoms with E-state index in [4.69, 9.17) is 4.74 Å². The first-order valence-electron chi connectivity index (χ1n) is 7.19. The number of benzene rings is 1. The third-order valence-electron chi connectivity index (χ3n) is 4.88. The molecule has 2 aliphatic carbocycles. The van der Waals surface area contributed by atoms with Crippen LogP contribution in [-0.4, -0.2) is 10.9 Å². The van der Waals surface area contributed by atoms with E-state index in [1.54, 1.807) is 13.0 Å². The lowest BCUT2D eigenvalue weighted by atomic mass is 9.58. The molecular weight excluding hydrogens is 307 g/mol. The highest BCUT2D eigenvalue weighted by Crippen LogP contribution is 2.56. The van der Waals surface area contributed by atoms with Gasteiger partial charge in [-0.2, -0.15) is 0 Å². The van der Waals surface area contributed by atoms with Gasteiger partial charge in [0.15, 0.2) is 0 Å². The minimum Gasteiger partial charge on any atom is -0.490 e. The van der Waals surface area contributed by atoms with Crippen LogP contribution in [0.1, 0.15) is 44.1 Å². The van der Waals surface area contributed by atoms with Crippen LogP contribution in [0.15, 0.2) is 18.2 Å². The molecule has 2 aliphatic rings. The summed E-state index contributed by atoms with van der Waals surface area (Å²) in [6, 6.07) is 5.07. The minimum atomic E-state index is -0.160. The van der Waals surface area contributed by atoms with Gasteiger partial charge in [-0.1, -0.05) is 35.2 Å². The third-order valence-corrected chi connectivity index (χ3v) is 6.16. The molecule has 104 valence electrons. The fourth-order valence-corrected chi connectivity index (χ4v) is 4.66. The maximum atomic E-state index is 13.3. The Balaban J connectivity index is 1.74. The number of ether oxygens (including phenoxy) is 1. The van der Waals surface area contributed by atoms with Crippen molar-refractivity contribution in [1.82, 2.24) is 0 Å². The number of hydrogen-bond acceptors (Lipinski definition) is 1. The molecule has 0 N–H and O–H groups in total. The molecule has 1 aromatic rings. The van der Waals surface area contributed by atoms with Crippen molar-refractivity contribution < 1.29 is 9.13 Å². The summed E-state index contributed by atoms with van der Waals surface area (Å²) in [4.78, 5) is 0.590. The van der Waals surface area contributed by atoms with Gasteiger partial charge in [-0.3, -0.25) is 0 Å². The SMILES string of the molecule is Cc1cc(OC2CC(Br)C23CCCCC3)ccc1F. The van der Waals surface area contributed by atoms with E-state index in [0.29, 0.717) is 21.9 Å². The van der Waals surface area contributed by atoms with Crippen molar-refractivity contribution in [2.24, 2.45) is 5.41 Å². The van der Waals surface area contributed by atoms with Crippen molar-refractivity contribution >= 4 is 15.9 Å². The van der Waals surface area contributed by atoms with Crippen LogP contribution < -0.4 is 4.74 Å². The van der Waals surface area contributed by atoms with Crippen molar-refractivity contribution in [2.75, 3.05) is 0 Å². The predicted molar refractivity (Wildman–Crippen MR) is 78.4 cm³/mol. The van der Waals surface area contributed by atoms with E-state index in [1.807, 2.05) is 6.07 Å². The number of alkyl halides is 1. The first-order chi connectivity index (χ1) is 9.12. The van der Waals surface area contributed by atoms with Crippen LogP contribution in [0.25, 0.3) is 0 Å². The normalized spacial score (nSPS) is 29.0. The maximum Gasteiger partial charge on any atom is 0.126 e. The van der Waals surface area contributed by atoms with Crippen LogP contribution in [0.2, 0.25) is 0 Å². The van der Waals surface area contributed by atoms with Gasteiger partial charge in [0.05, 0.1) is 0 Å². The van der Waals surface area contributed by atoms with Gasteiger partial charge in [-0.25, -0.2) is 4.39 Å². The Labute approximate surface area is 122 Å². The van der Waals surface area contributed by atoms with Crippen molar-refractivity contribution in [3.8, 4) is 5.75 Å². The summed E-state index contributed by atoms with van der Waals surface area (Å²) in [7, 11) is 0. The Hall–Kier alpha value is -0.570. The van der Waals surface area contributed by atoms with Gasteiger partial charge in [0.1, 0.15) is 17.7 Å². The summed E-state index contributed by atoms with van der Waals surface area (Å²) < 4.78 is 19.4. The summed E-state index contributed by atoms with van der Waals surface area (Å²) >= 11 is 3.82. The van der Waals surface area contributed by atoms with Gasteiger partial charge in [0.2, 0.25) is 0 Å². The van der Waals surface area contributed by atoms with Crippen LogP contribution in [0.4, 0.5) is 4.39 Å². The second-order valence-corrected chi connectivity index (χ2v) is 7.12. The van der Waals surface area contributed by atoms with E-state index >= 15 is 0 Å². The molecule has 2 saturated carbocycles. The van der Waals surface area contributed by atoms with Crippen LogP contribution in [0.3, 0.4) is 0 Å². The molecule has 1 nitrogen and oxygen atoms in total. The number of rotatable bonds is 2. The zero-order valence-corrected chi connectivity index (χ0v) is 12.9. The maximum absolute atomic E-state index is 13.3. The van der Waals surface area contributed by atoms with Crippen molar-refractivity contribution in [1.29, 1.82) is 0 Å². The van der Waals surface area contributed by atoms with E-state index in [9.17, 15) is 4.39 Å². The average Bonchev–Trinajstić information content (AvgIpc) is 2.43. The van der Waals surface area contributed by atoms with Crippen LogP contribution in [-0.2, 0) is 0 Å². The smallest absolute Gasteiger partial charge is 0.126 e. The molecule has 2 fully saturated rings. The largest absolute Gasteiger partial charge is 0.490 e. The molecule has 0 radical (unpaired) electrons. The Bertz CT molecular complexity index is 468. The molecule has 1 spiro atoms. The van der Waals surface area contributed by atoms with Crippen molar-refractivity contribution in [3.63, 3.8) is 0 Å². The van der Waals surface area contributed by atoms with Gasteiger partial charge in [0.25, 0.3) is 0 Å². The van der Waals surface area contributed by atoms with E-state index < -0.39 is 0 Å². The molecule has 0 saturated heterocycles. The lowest BCUT2D eigenvalue weighted by Gasteiger charge is -2.55. The summed E-state index contributed by atoms with van der Waals surface area (Å²) in [5, 5.41) is 0. The first kappa shape index (κ1) is 13.4. The molecule has 2 unspecified atom stereocenters. The molecular formula is C16H20BrFO. The lowest BCUT2D eigenvalue weighted by molar-refractivity contribution is -0.0601. The second-order valence-electron chi connectivity index (χ2n) is 6.01. The van der Waals surface area contributed by atoms with E-state index in [-0.39, 0.29) is 5.82 Å². The Morgan fingerprint density at radius 1 is 1.26 bits per heavy atom. The molecule has 0 aromatic heterocycles. The summed E-state index contributed by atoms with van der Waals surface area (Å²) in [6.07, 6.45) is 7.85. The zero-order valence-electron chi connectivity index (χ0n) is 11.3. The fourth-order valence-electron chi connectivity index (χ4n) is 3.56. The van der Waals surface area contributed by atoms with Gasteiger partial charge in [-0.15, -0.1) is 0 Å². The summed E-state index contributed by atoms with van der Waals surface area (Å²) in [6.45, 7) is 1.78. The minimum absolute atomic E-state index is 0.160. The predicted octanol–water partition coefficient (Wildman–Crippen LogP) is 5.00. The van der Waals surface area contributed by atoms with Crippen molar-refractivity contribution in [3.05, 3.63) is 29.6 Å². The molecule has 0 bridgehead atoms. The zero-order chi connectivity index (χ0) is 13.5. The van der Waals surface area contributed by atoms with Crippen LogP contribution >= 0.6 is 15.9 Å². The molecule has 2 atom stereocenters. The first-order valence-corrected chi connectivity index (χ1v) is 8.10. The molecule has 1 aromatic carbocycles. The highest BCUT2D eigenvalue weighted by Gasteiger charge is 2.55. The Morgan fingerprint density at radius 2 is 2.00 bits per heavy atom. The van der Waals surface area contributed by atoms with E-state index in [1.165, 1.54) is 38.2 Å². The van der Waals surface area contributed by atoms with Gasteiger partial charge >= 0.3 is 0 Å². The molecule has 3 rings (SSSR count).